The van der Waals surface area contributed by atoms with E-state index >= 15 is 0 Å². The average Bonchev–Trinajstić information content (AvgIpc) is 2.66. The van der Waals surface area contributed by atoms with Crippen LogP contribution in [0.1, 0.15) is 47.5 Å². The van der Waals surface area contributed by atoms with E-state index in [-0.39, 0.29) is 0 Å². The average molecular weight is 272 g/mol. The van der Waals surface area contributed by atoms with Crippen LogP contribution in [0.2, 0.25) is 0 Å². The van der Waals surface area contributed by atoms with E-state index in [1.54, 1.807) is 0 Å². The van der Waals surface area contributed by atoms with Gasteiger partial charge in [0.05, 0.1) is 6.54 Å². The molecule has 1 aliphatic carbocycles. The van der Waals surface area contributed by atoms with E-state index in [9.17, 15) is 4.79 Å². The molecule has 1 aromatic carbocycles. The van der Waals surface area contributed by atoms with Crippen molar-refractivity contribution in [2.24, 2.45) is 0 Å². The first kappa shape index (κ1) is 13.8. The Morgan fingerprint density at radius 2 is 2.00 bits per heavy atom. The predicted octanol–water partition coefficient (Wildman–Crippen LogP) is 2.43. The van der Waals surface area contributed by atoms with Crippen molar-refractivity contribution in [2.75, 3.05) is 32.7 Å². The van der Waals surface area contributed by atoms with E-state index < -0.39 is 0 Å². The highest BCUT2D eigenvalue weighted by atomic mass is 16.1. The molecule has 1 saturated carbocycles. The van der Waals surface area contributed by atoms with Crippen LogP contribution in [-0.2, 0) is 0 Å². The molecule has 108 valence electrons. The maximum absolute atomic E-state index is 12.6. The van der Waals surface area contributed by atoms with Gasteiger partial charge in [0.25, 0.3) is 0 Å². The summed E-state index contributed by atoms with van der Waals surface area (Å²) >= 11 is 0. The van der Waals surface area contributed by atoms with E-state index in [4.69, 9.17) is 0 Å². The SMILES string of the molecule is O=C(CN1CCCNCC1)c1ccccc1C1CCC1. The van der Waals surface area contributed by atoms with Crippen molar-refractivity contribution in [3.63, 3.8) is 0 Å². The molecule has 1 saturated heterocycles. The molecule has 1 aliphatic heterocycles. The van der Waals surface area contributed by atoms with Gasteiger partial charge in [-0.1, -0.05) is 30.7 Å². The van der Waals surface area contributed by atoms with Crippen molar-refractivity contribution in [2.45, 2.75) is 31.6 Å². The lowest BCUT2D eigenvalue weighted by atomic mass is 9.77. The number of carbonyl (C=O) groups is 1. The summed E-state index contributed by atoms with van der Waals surface area (Å²) in [5.74, 6) is 0.926. The number of benzene rings is 1. The molecule has 0 radical (unpaired) electrons. The van der Waals surface area contributed by atoms with Crippen molar-refractivity contribution in [3.8, 4) is 0 Å². The molecule has 0 unspecified atom stereocenters. The quantitative estimate of drug-likeness (QED) is 0.854. The molecule has 0 amide bonds. The number of rotatable bonds is 4. The number of carbonyl (C=O) groups excluding carboxylic acids is 1. The summed E-state index contributed by atoms with van der Waals surface area (Å²) in [6, 6.07) is 8.24. The minimum atomic E-state index is 0.300. The van der Waals surface area contributed by atoms with Crippen LogP contribution in [0.25, 0.3) is 0 Å². The molecule has 2 aliphatic rings. The number of ketones is 1. The van der Waals surface area contributed by atoms with Gasteiger partial charge in [0.15, 0.2) is 5.78 Å². The van der Waals surface area contributed by atoms with Gasteiger partial charge in [0, 0.05) is 18.7 Å². The summed E-state index contributed by atoms with van der Waals surface area (Å²) in [5, 5.41) is 3.39. The Hall–Kier alpha value is -1.19. The largest absolute Gasteiger partial charge is 0.315 e. The van der Waals surface area contributed by atoms with Gasteiger partial charge in [-0.15, -0.1) is 0 Å². The van der Waals surface area contributed by atoms with Crippen molar-refractivity contribution in [1.29, 1.82) is 0 Å². The van der Waals surface area contributed by atoms with Crippen LogP contribution in [-0.4, -0.2) is 43.4 Å². The van der Waals surface area contributed by atoms with E-state index in [1.165, 1.54) is 24.8 Å². The van der Waals surface area contributed by atoms with Crippen LogP contribution < -0.4 is 5.32 Å². The standard InChI is InChI=1S/C17H24N2O/c20-17(13-19-11-4-9-18-10-12-19)16-8-2-1-7-15(16)14-5-3-6-14/h1-2,7-8,14,18H,3-6,9-13H2. The lowest BCUT2D eigenvalue weighted by Crippen LogP contribution is -2.33. The summed E-state index contributed by atoms with van der Waals surface area (Å²) in [6.07, 6.45) is 4.94. The topological polar surface area (TPSA) is 32.3 Å². The second-order valence-electron chi connectivity index (χ2n) is 6.02. The van der Waals surface area contributed by atoms with Gasteiger partial charge in [-0.25, -0.2) is 0 Å². The number of nitrogens with zero attached hydrogens (tertiary/aromatic N) is 1. The van der Waals surface area contributed by atoms with Gasteiger partial charge in [-0.2, -0.15) is 0 Å². The van der Waals surface area contributed by atoms with Gasteiger partial charge >= 0.3 is 0 Å². The lowest BCUT2D eigenvalue weighted by Gasteiger charge is -2.28. The zero-order chi connectivity index (χ0) is 13.8. The Kier molecular flexibility index (Phi) is 4.48. The van der Waals surface area contributed by atoms with Crippen LogP contribution >= 0.6 is 0 Å². The lowest BCUT2D eigenvalue weighted by molar-refractivity contribution is 0.0933. The molecule has 0 bridgehead atoms. The first-order chi connectivity index (χ1) is 9.84. The van der Waals surface area contributed by atoms with E-state index in [1.807, 2.05) is 12.1 Å². The van der Waals surface area contributed by atoms with Gasteiger partial charge in [0.2, 0.25) is 0 Å². The van der Waals surface area contributed by atoms with Gasteiger partial charge in [-0.3, -0.25) is 9.69 Å². The van der Waals surface area contributed by atoms with Crippen molar-refractivity contribution >= 4 is 5.78 Å². The molecule has 3 rings (SSSR count). The molecular weight excluding hydrogens is 248 g/mol. The molecule has 3 nitrogen and oxygen atoms in total. The van der Waals surface area contributed by atoms with Crippen LogP contribution in [0.3, 0.4) is 0 Å². The predicted molar refractivity (Wildman–Crippen MR) is 81.3 cm³/mol. The van der Waals surface area contributed by atoms with E-state index in [2.05, 4.69) is 22.3 Å². The van der Waals surface area contributed by atoms with Crippen LogP contribution in [0, 0.1) is 0 Å². The zero-order valence-electron chi connectivity index (χ0n) is 12.1. The maximum Gasteiger partial charge on any atom is 0.177 e. The van der Waals surface area contributed by atoms with Crippen LogP contribution in [0.15, 0.2) is 24.3 Å². The van der Waals surface area contributed by atoms with E-state index in [0.29, 0.717) is 18.2 Å². The fourth-order valence-electron chi connectivity index (χ4n) is 3.17. The summed E-state index contributed by atoms with van der Waals surface area (Å²) in [6.45, 7) is 4.66. The fraction of sp³-hybridized carbons (Fsp3) is 0.588. The monoisotopic (exact) mass is 272 g/mol. The van der Waals surface area contributed by atoms with Crippen molar-refractivity contribution in [3.05, 3.63) is 35.4 Å². The Morgan fingerprint density at radius 3 is 2.80 bits per heavy atom. The molecular formula is C17H24N2O. The smallest absolute Gasteiger partial charge is 0.177 e. The van der Waals surface area contributed by atoms with Crippen molar-refractivity contribution in [1.82, 2.24) is 10.2 Å². The third kappa shape index (κ3) is 3.10. The van der Waals surface area contributed by atoms with Crippen molar-refractivity contribution < 1.29 is 4.79 Å². The highest BCUT2D eigenvalue weighted by molar-refractivity contribution is 5.99. The third-order valence-corrected chi connectivity index (χ3v) is 4.61. The number of nitrogens with one attached hydrogen (secondary N) is 1. The summed E-state index contributed by atoms with van der Waals surface area (Å²) in [5.41, 5.74) is 2.26. The zero-order valence-corrected chi connectivity index (χ0v) is 12.1. The molecule has 0 spiro atoms. The van der Waals surface area contributed by atoms with Gasteiger partial charge in [-0.05, 0) is 43.8 Å². The third-order valence-electron chi connectivity index (χ3n) is 4.61. The molecule has 1 N–H and O–H groups in total. The molecule has 1 aromatic rings. The number of Topliss-reactive ketones (excluding diaryl/α,β-unsaturated/α-hetero) is 1. The second-order valence-corrected chi connectivity index (χ2v) is 6.02. The fourth-order valence-corrected chi connectivity index (χ4v) is 3.17. The Morgan fingerprint density at radius 1 is 1.15 bits per heavy atom. The Labute approximate surface area is 121 Å². The van der Waals surface area contributed by atoms with Crippen LogP contribution in [0.5, 0.6) is 0 Å². The normalized spacial score (nSPS) is 21.2. The number of hydrogen-bond donors (Lipinski definition) is 1. The number of hydrogen-bond acceptors (Lipinski definition) is 3. The summed E-state index contributed by atoms with van der Waals surface area (Å²) < 4.78 is 0. The minimum Gasteiger partial charge on any atom is -0.315 e. The van der Waals surface area contributed by atoms with Gasteiger partial charge in [0.1, 0.15) is 0 Å². The molecule has 2 fully saturated rings. The molecule has 3 heteroatoms. The molecule has 0 atom stereocenters. The first-order valence-corrected chi connectivity index (χ1v) is 7.90. The highest BCUT2D eigenvalue weighted by Gasteiger charge is 2.24. The summed E-state index contributed by atoms with van der Waals surface area (Å²) in [7, 11) is 0. The van der Waals surface area contributed by atoms with Crippen LogP contribution in [0.4, 0.5) is 0 Å². The van der Waals surface area contributed by atoms with E-state index in [0.717, 1.165) is 38.2 Å². The molecule has 20 heavy (non-hydrogen) atoms. The van der Waals surface area contributed by atoms with Gasteiger partial charge < -0.3 is 5.32 Å². The Balaban J connectivity index is 1.69. The molecule has 0 aromatic heterocycles. The molecule has 1 heterocycles. The first-order valence-electron chi connectivity index (χ1n) is 7.90. The summed E-state index contributed by atoms with van der Waals surface area (Å²) in [4.78, 5) is 14.9. The second kappa shape index (κ2) is 6.51. The maximum atomic E-state index is 12.6. The Bertz CT molecular complexity index is 460. The highest BCUT2D eigenvalue weighted by Crippen LogP contribution is 2.38. The minimum absolute atomic E-state index is 0.300.